The molecule has 1 unspecified atom stereocenters. The van der Waals surface area contributed by atoms with Crippen LogP contribution in [0, 0.1) is 11.8 Å². The van der Waals surface area contributed by atoms with Gasteiger partial charge in [-0.15, -0.1) is 0 Å². The van der Waals surface area contributed by atoms with Gasteiger partial charge in [0.1, 0.15) is 18.1 Å². The molecule has 44 heavy (non-hydrogen) atoms. The number of fused-ring (bicyclic) bond motifs is 5. The molecule has 0 radical (unpaired) electrons. The van der Waals surface area contributed by atoms with Gasteiger partial charge in [0.15, 0.2) is 0 Å². The highest BCUT2D eigenvalue weighted by atomic mass is 32.7. The molecule has 3 fully saturated rings. The second kappa shape index (κ2) is 12.1. The first kappa shape index (κ1) is 29.7. The van der Waals surface area contributed by atoms with E-state index in [1.54, 1.807) is 31.1 Å². The molecular weight excluding hydrogens is 605 g/mol. The first-order valence-electron chi connectivity index (χ1n) is 14.8. The van der Waals surface area contributed by atoms with Crippen molar-refractivity contribution >= 4 is 47.7 Å². The first-order valence-corrected chi connectivity index (χ1v) is 17.8. The Kier molecular flexibility index (Phi) is 8.15. The van der Waals surface area contributed by atoms with Gasteiger partial charge in [0.25, 0.3) is 12.1 Å². The lowest BCUT2D eigenvalue weighted by molar-refractivity contribution is -0.0520. The maximum atomic E-state index is 13.8. The summed E-state index contributed by atoms with van der Waals surface area (Å²) in [6.45, 7) is -2.27. The third-order valence-electron chi connectivity index (χ3n) is 8.58. The van der Waals surface area contributed by atoms with Crippen molar-refractivity contribution in [2.24, 2.45) is 16.8 Å². The van der Waals surface area contributed by atoms with Crippen molar-refractivity contribution in [1.82, 2.24) is 28.4 Å². The van der Waals surface area contributed by atoms with Crippen molar-refractivity contribution in [3.8, 4) is 0 Å². The molecule has 4 aromatic rings. The number of ether oxygens (including phenoxy) is 3. The Morgan fingerprint density at radius 3 is 2.77 bits per heavy atom. The van der Waals surface area contributed by atoms with E-state index in [1.807, 2.05) is 46.5 Å². The van der Waals surface area contributed by atoms with Crippen molar-refractivity contribution in [1.29, 1.82) is 0 Å². The van der Waals surface area contributed by atoms with Gasteiger partial charge in [-0.2, -0.15) is 0 Å². The highest BCUT2D eigenvalue weighted by molar-refractivity contribution is 8.46. The fraction of sp³-hybridized carbons (Fsp3) is 0.517. The van der Waals surface area contributed by atoms with Gasteiger partial charge >= 0.3 is 0 Å². The second-order valence-electron chi connectivity index (χ2n) is 11.9. The average Bonchev–Trinajstić information content (AvgIpc) is 3.79. The van der Waals surface area contributed by atoms with E-state index < -0.39 is 12.8 Å². The van der Waals surface area contributed by atoms with Gasteiger partial charge in [-0.05, 0) is 37.3 Å². The van der Waals surface area contributed by atoms with Crippen LogP contribution >= 0.6 is 18.8 Å². The first-order chi connectivity index (χ1) is 21.3. The molecule has 0 amide bonds. The lowest BCUT2D eigenvalue weighted by Crippen LogP contribution is -2.26. The van der Waals surface area contributed by atoms with Crippen molar-refractivity contribution in [3.05, 3.63) is 59.5 Å². The number of nitrogens with zero attached hydrogens (tertiary/aromatic N) is 7. The molecule has 0 aromatic carbocycles. The van der Waals surface area contributed by atoms with Crippen molar-refractivity contribution in [2.45, 2.75) is 43.9 Å². The minimum absolute atomic E-state index is 0.127. The van der Waals surface area contributed by atoms with Crippen LogP contribution in [-0.4, -0.2) is 87.0 Å². The summed E-state index contributed by atoms with van der Waals surface area (Å²) in [6.07, 6.45) is 11.4. The predicted molar refractivity (Wildman–Crippen MR) is 168 cm³/mol. The number of aliphatic imine (C=N–C) groups is 1. The van der Waals surface area contributed by atoms with E-state index in [0.717, 1.165) is 29.6 Å². The number of hydrogen-bond donors (Lipinski definition) is 1. The molecule has 3 saturated heterocycles. The monoisotopic (exact) mass is 641 g/mol. The smallest absolute Gasteiger partial charge is 0.258 e. The molecule has 0 aliphatic carbocycles. The summed E-state index contributed by atoms with van der Waals surface area (Å²) in [6, 6.07) is 5.38. The lowest BCUT2D eigenvalue weighted by atomic mass is 9.98. The number of hydrogen-bond acceptors (Lipinski definition) is 9. The summed E-state index contributed by atoms with van der Waals surface area (Å²) >= 11 is 4.55. The van der Waals surface area contributed by atoms with Crippen molar-refractivity contribution in [2.75, 3.05) is 40.1 Å². The van der Waals surface area contributed by atoms with E-state index in [0.29, 0.717) is 25.4 Å². The standard InChI is InChI=1S/C29H36N7O6PS/c1-33(2)18-32-23-3-7-30-27-22(23)4-9-35(27)26-14-19-6-12-39-15-21-13-20(17-43(38,44)40-16-24(19)42-26)28(41-21)36-10-5-25(37)34-11-8-31-29(34)36/h3-5,7-11,18-21,24,26,28H,6,12-17H2,1-2H3,(H,38,44)/b32-18-/t19-,20-,21-,24+,26+,28+,43?/m0/s1. The highest BCUT2D eigenvalue weighted by Crippen LogP contribution is 2.57. The van der Waals surface area contributed by atoms with E-state index in [9.17, 15) is 9.36 Å². The molecule has 0 saturated carbocycles. The quantitative estimate of drug-likeness (QED) is 0.152. The van der Waals surface area contributed by atoms with Crippen LogP contribution in [0.5, 0.6) is 0 Å². The number of rotatable bonds is 4. The number of imidazole rings is 1. The largest absolute Gasteiger partial charge is 0.379 e. The fourth-order valence-electron chi connectivity index (χ4n) is 6.52. The minimum atomic E-state index is -3.35. The number of pyridine rings is 1. The van der Waals surface area contributed by atoms with Crippen LogP contribution in [0.1, 0.15) is 31.7 Å². The average molecular weight is 642 g/mol. The molecule has 7 heterocycles. The Hall–Kier alpha value is -3.00. The van der Waals surface area contributed by atoms with Crippen LogP contribution in [-0.2, 0) is 23.3 Å². The van der Waals surface area contributed by atoms with E-state index in [-0.39, 0.29) is 48.6 Å². The van der Waals surface area contributed by atoms with Crippen molar-refractivity contribution in [3.63, 3.8) is 0 Å². The van der Waals surface area contributed by atoms with E-state index in [1.165, 1.54) is 10.5 Å². The van der Waals surface area contributed by atoms with Crippen LogP contribution < -0.4 is 5.56 Å². The zero-order valence-corrected chi connectivity index (χ0v) is 26.4. The predicted octanol–water partition coefficient (Wildman–Crippen LogP) is 4.13. The Morgan fingerprint density at radius 2 is 1.91 bits per heavy atom. The number of aromatic nitrogens is 5. The summed E-state index contributed by atoms with van der Waals surface area (Å²) < 4.78 is 44.3. The van der Waals surface area contributed by atoms with E-state index in [4.69, 9.17) is 18.7 Å². The zero-order chi connectivity index (χ0) is 30.4. The fourth-order valence-corrected chi connectivity index (χ4v) is 8.76. The Balaban J connectivity index is 1.10. The molecule has 7 atom stereocenters. The summed E-state index contributed by atoms with van der Waals surface area (Å²) in [4.78, 5) is 27.8. The van der Waals surface area contributed by atoms with Crippen molar-refractivity contribution < 1.29 is 23.3 Å². The summed E-state index contributed by atoms with van der Waals surface area (Å²) in [5.74, 6) is 0.398. The molecule has 3 aliphatic heterocycles. The molecule has 234 valence electrons. The minimum Gasteiger partial charge on any atom is -0.379 e. The van der Waals surface area contributed by atoms with Crippen LogP contribution in [0.25, 0.3) is 16.8 Å². The third kappa shape index (κ3) is 5.86. The SMILES string of the molecule is CN(C)/C=N\c1ccnc2c1ccn2[C@H]1C[C@@H]2CCOC[C@@H]3C[C@@H](CP(=O)(S)OC[C@H]2O1)[C@H](n1ccc(=O)n2ccnc12)O3. The molecule has 3 aliphatic rings. The van der Waals surface area contributed by atoms with Gasteiger partial charge < -0.3 is 28.2 Å². The topological polar surface area (TPSA) is 127 Å². The van der Waals surface area contributed by atoms with Gasteiger partial charge in [-0.25, -0.2) is 15.0 Å². The molecule has 13 nitrogen and oxygen atoms in total. The molecule has 0 N–H and O–H groups in total. The van der Waals surface area contributed by atoms with Gasteiger partial charge in [-0.1, -0.05) is 12.2 Å². The summed E-state index contributed by atoms with van der Waals surface area (Å²) in [7, 11) is 3.86. The van der Waals surface area contributed by atoms with Gasteiger partial charge in [0, 0.05) is 75.2 Å². The Morgan fingerprint density at radius 1 is 1.05 bits per heavy atom. The Bertz CT molecular complexity index is 1790. The highest BCUT2D eigenvalue weighted by Gasteiger charge is 2.43. The molecular formula is C29H36N7O6PS. The van der Waals surface area contributed by atoms with Gasteiger partial charge in [-0.3, -0.25) is 18.3 Å². The van der Waals surface area contributed by atoms with E-state index in [2.05, 4.69) is 27.2 Å². The molecule has 2 bridgehead atoms. The Labute approximate surface area is 259 Å². The molecule has 15 heteroatoms. The van der Waals surface area contributed by atoms with Crippen LogP contribution in [0.15, 0.2) is 59.0 Å². The van der Waals surface area contributed by atoms with E-state index >= 15 is 0 Å². The summed E-state index contributed by atoms with van der Waals surface area (Å²) in [5, 5.41) is 0.941. The normalized spacial score (nSPS) is 31.6. The van der Waals surface area contributed by atoms with Crippen LogP contribution in [0.2, 0.25) is 0 Å². The zero-order valence-electron chi connectivity index (χ0n) is 24.6. The van der Waals surface area contributed by atoms with Gasteiger partial charge in [0.05, 0.1) is 37.4 Å². The molecule has 7 rings (SSSR count). The molecule has 4 aromatic heterocycles. The maximum absolute atomic E-state index is 13.8. The maximum Gasteiger partial charge on any atom is 0.258 e. The van der Waals surface area contributed by atoms with Crippen LogP contribution in [0.3, 0.4) is 0 Å². The molecule has 0 spiro atoms. The number of thiol groups is 1. The third-order valence-corrected chi connectivity index (χ3v) is 10.9. The lowest BCUT2D eigenvalue weighted by Gasteiger charge is -2.26. The summed E-state index contributed by atoms with van der Waals surface area (Å²) in [5.41, 5.74) is 1.45. The van der Waals surface area contributed by atoms with Gasteiger partial charge in [0.2, 0.25) is 5.78 Å². The van der Waals surface area contributed by atoms with Crippen LogP contribution in [0.4, 0.5) is 5.69 Å². The second-order valence-corrected chi connectivity index (χ2v) is 15.6.